The van der Waals surface area contributed by atoms with Crippen LogP contribution < -0.4 is 11.1 Å². The molecule has 0 unspecified atom stereocenters. The first-order chi connectivity index (χ1) is 11.7. The second-order valence-corrected chi connectivity index (χ2v) is 7.64. The fraction of sp³-hybridized carbons (Fsp3) is 0.381. The Bertz CT molecular complexity index is 801. The summed E-state index contributed by atoms with van der Waals surface area (Å²) in [5.41, 5.74) is 10.0. The highest BCUT2D eigenvalue weighted by Crippen LogP contribution is 2.63. The van der Waals surface area contributed by atoms with Crippen molar-refractivity contribution in [2.45, 2.75) is 31.2 Å². The van der Waals surface area contributed by atoms with Gasteiger partial charge in [-0.15, -0.1) is 0 Å². The second-order valence-electron chi connectivity index (χ2n) is 7.64. The van der Waals surface area contributed by atoms with Gasteiger partial charge in [0.15, 0.2) is 0 Å². The van der Waals surface area contributed by atoms with Crippen LogP contribution in [0.1, 0.15) is 52.7 Å². The number of nitrogens with two attached hydrogens (primary N) is 1. The number of rotatable bonds is 2. The molecule has 3 nitrogen and oxygen atoms in total. The predicted molar refractivity (Wildman–Crippen MR) is 94.8 cm³/mol. The van der Waals surface area contributed by atoms with Crippen molar-refractivity contribution in [2.24, 2.45) is 23.5 Å². The van der Waals surface area contributed by atoms with Crippen molar-refractivity contribution < 1.29 is 4.79 Å². The molecule has 2 fully saturated rings. The summed E-state index contributed by atoms with van der Waals surface area (Å²) < 4.78 is 0. The molecule has 5 atom stereocenters. The number of carbonyl (C=O) groups is 1. The third-order valence-electron chi connectivity index (χ3n) is 6.53. The molecule has 122 valence electrons. The van der Waals surface area contributed by atoms with Gasteiger partial charge < -0.3 is 11.1 Å². The molecule has 1 heterocycles. The van der Waals surface area contributed by atoms with Gasteiger partial charge in [0.05, 0.1) is 6.04 Å². The van der Waals surface area contributed by atoms with E-state index in [9.17, 15) is 4.79 Å². The van der Waals surface area contributed by atoms with E-state index in [4.69, 9.17) is 5.73 Å². The first-order valence-electron chi connectivity index (χ1n) is 8.97. The lowest BCUT2D eigenvalue weighted by Crippen LogP contribution is -2.35. The zero-order valence-corrected chi connectivity index (χ0v) is 13.6. The minimum atomic E-state index is -0.331. The quantitative estimate of drug-likeness (QED) is 0.876. The Morgan fingerprint density at radius 2 is 1.83 bits per heavy atom. The van der Waals surface area contributed by atoms with Crippen LogP contribution >= 0.6 is 0 Å². The van der Waals surface area contributed by atoms with Crippen LogP contribution in [-0.4, -0.2) is 5.91 Å². The van der Waals surface area contributed by atoms with Crippen molar-refractivity contribution in [3.63, 3.8) is 0 Å². The number of amides is 1. The van der Waals surface area contributed by atoms with Crippen molar-refractivity contribution in [1.82, 2.24) is 0 Å². The van der Waals surface area contributed by atoms with Gasteiger partial charge in [-0.25, -0.2) is 0 Å². The summed E-state index contributed by atoms with van der Waals surface area (Å²) in [5.74, 6) is 2.41. The topological polar surface area (TPSA) is 55.1 Å². The maximum atomic E-state index is 11.6. The molecule has 1 amide bonds. The SMILES string of the molecule is NC(=O)c1ccc2c(c1)[C@H]1[C@@H]3CC[C@H](C3)[C@H]1[C@H](c1ccccc1)N2. The first-order valence-corrected chi connectivity index (χ1v) is 8.97. The van der Waals surface area contributed by atoms with Crippen LogP contribution in [0.25, 0.3) is 0 Å². The summed E-state index contributed by atoms with van der Waals surface area (Å²) in [7, 11) is 0. The second kappa shape index (κ2) is 5.10. The normalized spacial score (nSPS) is 32.8. The van der Waals surface area contributed by atoms with E-state index in [-0.39, 0.29) is 5.91 Å². The van der Waals surface area contributed by atoms with Crippen molar-refractivity contribution in [3.05, 3.63) is 65.2 Å². The van der Waals surface area contributed by atoms with Gasteiger partial charge in [0.2, 0.25) is 5.91 Å². The van der Waals surface area contributed by atoms with E-state index in [0.29, 0.717) is 23.4 Å². The highest BCUT2D eigenvalue weighted by atomic mass is 16.1. The number of benzene rings is 2. The fourth-order valence-electron chi connectivity index (χ4n) is 5.63. The van der Waals surface area contributed by atoms with E-state index in [1.54, 1.807) is 0 Å². The van der Waals surface area contributed by atoms with Crippen LogP contribution in [0.4, 0.5) is 5.69 Å². The molecule has 0 radical (unpaired) electrons. The number of carbonyl (C=O) groups excluding carboxylic acids is 1. The molecule has 5 rings (SSSR count). The Morgan fingerprint density at radius 3 is 2.62 bits per heavy atom. The summed E-state index contributed by atoms with van der Waals surface area (Å²) in [6.45, 7) is 0. The molecule has 24 heavy (non-hydrogen) atoms. The Labute approximate surface area is 142 Å². The summed E-state index contributed by atoms with van der Waals surface area (Å²) in [6.07, 6.45) is 4.01. The molecule has 2 aromatic carbocycles. The monoisotopic (exact) mass is 318 g/mol. The number of nitrogens with one attached hydrogen (secondary N) is 1. The highest BCUT2D eigenvalue weighted by Gasteiger charge is 2.53. The van der Waals surface area contributed by atoms with Gasteiger partial charge in [-0.3, -0.25) is 4.79 Å². The largest absolute Gasteiger partial charge is 0.378 e. The van der Waals surface area contributed by atoms with Gasteiger partial charge in [-0.2, -0.15) is 0 Å². The molecular formula is C21H22N2O. The predicted octanol–water partition coefficient (Wildman–Crippen LogP) is 4.08. The number of hydrogen-bond acceptors (Lipinski definition) is 2. The molecule has 2 aromatic rings. The molecule has 2 aliphatic carbocycles. The van der Waals surface area contributed by atoms with E-state index < -0.39 is 0 Å². The molecule has 3 N–H and O–H groups in total. The zero-order valence-electron chi connectivity index (χ0n) is 13.6. The van der Waals surface area contributed by atoms with Crippen LogP contribution in [0.3, 0.4) is 0 Å². The van der Waals surface area contributed by atoms with E-state index in [0.717, 1.165) is 11.8 Å². The maximum absolute atomic E-state index is 11.6. The van der Waals surface area contributed by atoms with Crippen LogP contribution in [0.5, 0.6) is 0 Å². The zero-order chi connectivity index (χ0) is 16.3. The molecule has 3 heteroatoms. The van der Waals surface area contributed by atoms with Crippen molar-refractivity contribution >= 4 is 11.6 Å². The lowest BCUT2D eigenvalue weighted by molar-refractivity contribution is 0.1000. The minimum Gasteiger partial charge on any atom is -0.378 e. The van der Waals surface area contributed by atoms with Crippen molar-refractivity contribution in [1.29, 1.82) is 0 Å². The van der Waals surface area contributed by atoms with Gasteiger partial charge in [-0.1, -0.05) is 30.3 Å². The van der Waals surface area contributed by atoms with Gasteiger partial charge >= 0.3 is 0 Å². The Morgan fingerprint density at radius 1 is 1.04 bits per heavy atom. The van der Waals surface area contributed by atoms with Crippen LogP contribution in [0, 0.1) is 17.8 Å². The first kappa shape index (κ1) is 14.1. The summed E-state index contributed by atoms with van der Waals surface area (Å²) in [4.78, 5) is 11.6. The number of primary amides is 1. The lowest BCUT2D eigenvalue weighted by Gasteiger charge is -2.43. The summed E-state index contributed by atoms with van der Waals surface area (Å²) >= 11 is 0. The molecular weight excluding hydrogens is 296 g/mol. The smallest absolute Gasteiger partial charge is 0.248 e. The van der Waals surface area contributed by atoms with Crippen molar-refractivity contribution in [3.8, 4) is 0 Å². The summed E-state index contributed by atoms with van der Waals surface area (Å²) in [6, 6.07) is 17.1. The molecule has 0 saturated heterocycles. The van der Waals surface area contributed by atoms with Gasteiger partial charge in [0, 0.05) is 11.3 Å². The average molecular weight is 318 g/mol. The van der Waals surface area contributed by atoms with Gasteiger partial charge in [0.25, 0.3) is 0 Å². The Kier molecular flexibility index (Phi) is 2.99. The number of fused-ring (bicyclic) bond motifs is 7. The van der Waals surface area contributed by atoms with Crippen LogP contribution in [0.2, 0.25) is 0 Å². The van der Waals surface area contributed by atoms with Crippen molar-refractivity contribution in [2.75, 3.05) is 5.32 Å². The van der Waals surface area contributed by atoms with E-state index in [1.165, 1.54) is 36.1 Å². The molecule has 0 aromatic heterocycles. The third-order valence-corrected chi connectivity index (χ3v) is 6.53. The maximum Gasteiger partial charge on any atom is 0.248 e. The number of hydrogen-bond donors (Lipinski definition) is 2. The van der Waals surface area contributed by atoms with Crippen LogP contribution in [-0.2, 0) is 0 Å². The Balaban J connectivity index is 1.64. The lowest BCUT2D eigenvalue weighted by atomic mass is 9.68. The highest BCUT2D eigenvalue weighted by molar-refractivity contribution is 5.93. The van der Waals surface area contributed by atoms with E-state index in [1.807, 2.05) is 18.2 Å². The number of anilines is 1. The third kappa shape index (κ3) is 1.94. The van der Waals surface area contributed by atoms with Gasteiger partial charge in [-0.05, 0) is 72.3 Å². The molecule has 3 aliphatic rings. The average Bonchev–Trinajstić information content (AvgIpc) is 3.23. The van der Waals surface area contributed by atoms with E-state index in [2.05, 4.69) is 35.6 Å². The summed E-state index contributed by atoms with van der Waals surface area (Å²) in [5, 5.41) is 3.78. The standard InChI is InChI=1S/C21H22N2O/c22-21(24)15-8-9-17-16(11-15)18-13-6-7-14(10-13)19(18)20(23-17)12-4-2-1-3-5-12/h1-5,8-9,11,13-14,18-20,23H,6-7,10H2,(H2,22,24)/t13-,14-,18-,19-,20+/m1/s1. The van der Waals surface area contributed by atoms with Gasteiger partial charge in [0.1, 0.15) is 0 Å². The van der Waals surface area contributed by atoms with E-state index >= 15 is 0 Å². The fourth-order valence-corrected chi connectivity index (χ4v) is 5.63. The Hall–Kier alpha value is -2.29. The molecule has 2 saturated carbocycles. The molecule has 2 bridgehead atoms. The minimum absolute atomic E-state index is 0.331. The van der Waals surface area contributed by atoms with Crippen LogP contribution in [0.15, 0.2) is 48.5 Å². The molecule has 1 aliphatic heterocycles. The molecule has 0 spiro atoms.